The summed E-state index contributed by atoms with van der Waals surface area (Å²) in [6.07, 6.45) is 0.465. The molecule has 1 heterocycles. The van der Waals surface area contributed by atoms with Crippen LogP contribution in [0.5, 0.6) is 5.75 Å². The van der Waals surface area contributed by atoms with Crippen molar-refractivity contribution in [2.24, 2.45) is 0 Å². The first-order valence-electron chi connectivity index (χ1n) is 3.77. The molecular formula is C9H9NO2. The molecule has 0 spiro atoms. The summed E-state index contributed by atoms with van der Waals surface area (Å²) >= 11 is 0. The number of carbonyl (C=O) groups excluding carboxylic acids is 1. The first-order valence-corrected chi connectivity index (χ1v) is 3.77. The molecule has 12 heavy (non-hydrogen) atoms. The number of rotatable bonds is 1. The number of hydrogen-bond donors (Lipinski definition) is 1. The van der Waals surface area contributed by atoms with Crippen molar-refractivity contribution in [3.63, 3.8) is 0 Å². The Bertz CT molecular complexity index is 333. The Morgan fingerprint density at radius 3 is 3.08 bits per heavy atom. The fraction of sp³-hybridized carbons (Fsp3) is 0.222. The third kappa shape index (κ3) is 0.942. The van der Waals surface area contributed by atoms with Crippen molar-refractivity contribution >= 4 is 11.6 Å². The summed E-state index contributed by atoms with van der Waals surface area (Å²) in [4.78, 5) is 11.0. The minimum absolute atomic E-state index is 0.0366. The van der Waals surface area contributed by atoms with E-state index in [2.05, 4.69) is 5.32 Å². The number of methoxy groups -OCH3 is 1. The van der Waals surface area contributed by atoms with Gasteiger partial charge in [-0.3, -0.25) is 4.79 Å². The number of nitrogens with one attached hydrogen (secondary N) is 1. The van der Waals surface area contributed by atoms with Gasteiger partial charge in [0.25, 0.3) is 0 Å². The van der Waals surface area contributed by atoms with Gasteiger partial charge in [-0.15, -0.1) is 0 Å². The standard InChI is InChI=1S/C9H9NO2/c1-12-7-4-2-3-6-5-8(11)10-9(6)7/h2-4H,5H2,1H3,(H,10,11). The van der Waals surface area contributed by atoms with E-state index in [1.165, 1.54) is 0 Å². The second-order valence-electron chi connectivity index (χ2n) is 2.72. The fourth-order valence-electron chi connectivity index (χ4n) is 1.39. The Morgan fingerprint density at radius 2 is 2.33 bits per heavy atom. The third-order valence-electron chi connectivity index (χ3n) is 1.95. The summed E-state index contributed by atoms with van der Waals surface area (Å²) in [6.45, 7) is 0. The second kappa shape index (κ2) is 2.52. The van der Waals surface area contributed by atoms with E-state index in [0.29, 0.717) is 6.42 Å². The van der Waals surface area contributed by atoms with E-state index in [4.69, 9.17) is 4.74 Å². The topological polar surface area (TPSA) is 38.3 Å². The quantitative estimate of drug-likeness (QED) is 0.675. The molecule has 0 unspecified atom stereocenters. The van der Waals surface area contributed by atoms with Crippen molar-refractivity contribution in [3.8, 4) is 5.75 Å². The van der Waals surface area contributed by atoms with Gasteiger partial charge in [0.15, 0.2) is 0 Å². The van der Waals surface area contributed by atoms with E-state index in [-0.39, 0.29) is 5.91 Å². The molecule has 0 saturated carbocycles. The monoisotopic (exact) mass is 163 g/mol. The van der Waals surface area contributed by atoms with E-state index in [0.717, 1.165) is 17.0 Å². The SMILES string of the molecule is COc1cccc2c1NC(=O)C2. The average molecular weight is 163 g/mol. The predicted octanol–water partition coefficient (Wildman–Crippen LogP) is 1.19. The molecule has 0 bridgehead atoms. The van der Waals surface area contributed by atoms with Gasteiger partial charge in [0, 0.05) is 0 Å². The zero-order chi connectivity index (χ0) is 8.55. The lowest BCUT2D eigenvalue weighted by molar-refractivity contribution is -0.115. The van der Waals surface area contributed by atoms with Crippen LogP contribution in [0.4, 0.5) is 5.69 Å². The van der Waals surface area contributed by atoms with Gasteiger partial charge in [0.2, 0.25) is 5.91 Å². The van der Waals surface area contributed by atoms with Gasteiger partial charge in [-0.1, -0.05) is 12.1 Å². The minimum Gasteiger partial charge on any atom is -0.495 e. The van der Waals surface area contributed by atoms with Crippen molar-refractivity contribution < 1.29 is 9.53 Å². The number of para-hydroxylation sites is 1. The summed E-state index contributed by atoms with van der Waals surface area (Å²) in [7, 11) is 1.60. The molecular weight excluding hydrogens is 154 g/mol. The van der Waals surface area contributed by atoms with Gasteiger partial charge < -0.3 is 10.1 Å². The van der Waals surface area contributed by atoms with Gasteiger partial charge >= 0.3 is 0 Å². The molecule has 1 aromatic carbocycles. The van der Waals surface area contributed by atoms with Gasteiger partial charge in [0.05, 0.1) is 19.2 Å². The zero-order valence-corrected chi connectivity index (χ0v) is 6.76. The van der Waals surface area contributed by atoms with E-state index >= 15 is 0 Å². The minimum atomic E-state index is 0.0366. The number of hydrogen-bond acceptors (Lipinski definition) is 2. The van der Waals surface area contributed by atoms with Crippen LogP contribution in [-0.4, -0.2) is 13.0 Å². The van der Waals surface area contributed by atoms with Crippen molar-refractivity contribution in [1.29, 1.82) is 0 Å². The van der Waals surface area contributed by atoms with Crippen molar-refractivity contribution in [2.45, 2.75) is 6.42 Å². The van der Waals surface area contributed by atoms with Crippen LogP contribution in [0.15, 0.2) is 18.2 Å². The lowest BCUT2D eigenvalue weighted by atomic mass is 10.1. The molecule has 1 aromatic rings. The van der Waals surface area contributed by atoms with Crippen LogP contribution in [0.2, 0.25) is 0 Å². The van der Waals surface area contributed by atoms with E-state index in [1.54, 1.807) is 7.11 Å². The van der Waals surface area contributed by atoms with Crippen LogP contribution in [0.1, 0.15) is 5.56 Å². The Labute approximate surface area is 70.3 Å². The summed E-state index contributed by atoms with van der Waals surface area (Å²) in [5.41, 5.74) is 1.84. The number of benzene rings is 1. The van der Waals surface area contributed by atoms with Gasteiger partial charge in [-0.25, -0.2) is 0 Å². The molecule has 62 valence electrons. The van der Waals surface area contributed by atoms with Gasteiger partial charge in [0.1, 0.15) is 5.75 Å². The Kier molecular flexibility index (Phi) is 1.50. The largest absolute Gasteiger partial charge is 0.495 e. The number of anilines is 1. The highest BCUT2D eigenvalue weighted by molar-refractivity contribution is 6.00. The third-order valence-corrected chi connectivity index (χ3v) is 1.95. The molecule has 3 heteroatoms. The highest BCUT2D eigenvalue weighted by Gasteiger charge is 2.20. The molecule has 2 rings (SSSR count). The molecule has 1 aliphatic heterocycles. The smallest absolute Gasteiger partial charge is 0.228 e. The Balaban J connectivity index is 2.51. The van der Waals surface area contributed by atoms with Crippen LogP contribution in [0.3, 0.4) is 0 Å². The van der Waals surface area contributed by atoms with Crippen LogP contribution in [0, 0.1) is 0 Å². The molecule has 0 aromatic heterocycles. The Hall–Kier alpha value is -1.51. The highest BCUT2D eigenvalue weighted by atomic mass is 16.5. The first-order chi connectivity index (χ1) is 5.81. The maximum atomic E-state index is 11.0. The second-order valence-corrected chi connectivity index (χ2v) is 2.72. The first kappa shape index (κ1) is 7.16. The van der Waals surface area contributed by atoms with E-state index < -0.39 is 0 Å². The van der Waals surface area contributed by atoms with Crippen LogP contribution < -0.4 is 10.1 Å². The van der Waals surface area contributed by atoms with Crippen molar-refractivity contribution in [2.75, 3.05) is 12.4 Å². The van der Waals surface area contributed by atoms with Gasteiger partial charge in [-0.2, -0.15) is 0 Å². The fourth-order valence-corrected chi connectivity index (χ4v) is 1.39. The molecule has 0 fully saturated rings. The lowest BCUT2D eigenvalue weighted by Crippen LogP contribution is -2.04. The summed E-state index contributed by atoms with van der Waals surface area (Å²) in [6, 6.07) is 5.65. The molecule has 1 amide bonds. The predicted molar refractivity (Wildman–Crippen MR) is 45.3 cm³/mol. The molecule has 1 N–H and O–H groups in total. The summed E-state index contributed by atoms with van der Waals surface area (Å²) < 4.78 is 5.09. The molecule has 0 radical (unpaired) electrons. The molecule has 0 aliphatic carbocycles. The number of ether oxygens (including phenoxy) is 1. The van der Waals surface area contributed by atoms with E-state index in [1.807, 2.05) is 18.2 Å². The molecule has 1 aliphatic rings. The van der Waals surface area contributed by atoms with Crippen LogP contribution in [0.25, 0.3) is 0 Å². The highest BCUT2D eigenvalue weighted by Crippen LogP contribution is 2.32. The van der Waals surface area contributed by atoms with Crippen molar-refractivity contribution in [3.05, 3.63) is 23.8 Å². The average Bonchev–Trinajstić information content (AvgIpc) is 2.44. The van der Waals surface area contributed by atoms with Gasteiger partial charge in [-0.05, 0) is 11.6 Å². The normalized spacial score (nSPS) is 13.9. The molecule has 0 atom stereocenters. The molecule has 3 nitrogen and oxygen atoms in total. The number of fused-ring (bicyclic) bond motifs is 1. The van der Waals surface area contributed by atoms with Crippen LogP contribution >= 0.6 is 0 Å². The van der Waals surface area contributed by atoms with E-state index in [9.17, 15) is 4.79 Å². The maximum Gasteiger partial charge on any atom is 0.228 e. The Morgan fingerprint density at radius 1 is 1.50 bits per heavy atom. The summed E-state index contributed by atoms with van der Waals surface area (Å²) in [5, 5.41) is 2.75. The number of amides is 1. The molecule has 0 saturated heterocycles. The zero-order valence-electron chi connectivity index (χ0n) is 6.76. The van der Waals surface area contributed by atoms with Crippen molar-refractivity contribution in [1.82, 2.24) is 0 Å². The number of carbonyl (C=O) groups is 1. The van der Waals surface area contributed by atoms with Crippen LogP contribution in [-0.2, 0) is 11.2 Å². The summed E-state index contributed by atoms with van der Waals surface area (Å²) in [5.74, 6) is 0.771. The lowest BCUT2D eigenvalue weighted by Gasteiger charge is -2.04. The maximum absolute atomic E-state index is 11.0.